The highest BCUT2D eigenvalue weighted by Gasteiger charge is 2.10. The van der Waals surface area contributed by atoms with Gasteiger partial charge in [-0.25, -0.2) is 0 Å². The molecular weight excluding hydrogens is 302 g/mol. The van der Waals surface area contributed by atoms with E-state index in [4.69, 9.17) is 0 Å². The van der Waals surface area contributed by atoms with Crippen molar-refractivity contribution in [1.82, 2.24) is 10.2 Å². The Bertz CT molecular complexity index is 625. The van der Waals surface area contributed by atoms with Crippen LogP contribution in [0.5, 0.6) is 0 Å². The van der Waals surface area contributed by atoms with E-state index in [1.165, 1.54) is 16.9 Å². The summed E-state index contributed by atoms with van der Waals surface area (Å²) in [6.45, 7) is 6.20. The van der Waals surface area contributed by atoms with Crippen LogP contribution in [0.3, 0.4) is 0 Å². The van der Waals surface area contributed by atoms with Crippen LogP contribution in [0, 0.1) is 13.8 Å². The molecule has 112 valence electrons. The number of nitrogens with one attached hydrogen (secondary N) is 1. The SMILES string of the molecule is CCCSc1nnc(NC(=O)Cc2ccc(C)cc2C)s1. The van der Waals surface area contributed by atoms with E-state index in [0.717, 1.165) is 27.6 Å². The van der Waals surface area contributed by atoms with Crippen molar-refractivity contribution in [2.24, 2.45) is 0 Å². The summed E-state index contributed by atoms with van der Waals surface area (Å²) in [4.78, 5) is 12.1. The molecule has 6 heteroatoms. The molecule has 4 nitrogen and oxygen atoms in total. The van der Waals surface area contributed by atoms with Crippen LogP contribution in [0.15, 0.2) is 22.5 Å². The van der Waals surface area contributed by atoms with Crippen LogP contribution in [0.4, 0.5) is 5.13 Å². The quantitative estimate of drug-likeness (QED) is 0.649. The van der Waals surface area contributed by atoms with Crippen molar-refractivity contribution in [3.63, 3.8) is 0 Å². The lowest BCUT2D eigenvalue weighted by Crippen LogP contribution is -2.14. The molecule has 0 unspecified atom stereocenters. The standard InChI is InChI=1S/C15H19N3OS2/c1-4-7-20-15-18-17-14(21-15)16-13(19)9-12-6-5-10(2)8-11(12)3/h5-6,8H,4,7,9H2,1-3H3,(H,16,17,19). The normalized spacial score (nSPS) is 10.6. The number of hydrogen-bond acceptors (Lipinski definition) is 5. The molecule has 0 saturated carbocycles. The minimum Gasteiger partial charge on any atom is -0.300 e. The zero-order valence-electron chi connectivity index (χ0n) is 12.5. The maximum absolute atomic E-state index is 12.1. The summed E-state index contributed by atoms with van der Waals surface area (Å²) in [5.74, 6) is 0.968. The molecule has 0 aliphatic carbocycles. The fraction of sp³-hybridized carbons (Fsp3) is 0.400. The third-order valence-corrected chi connectivity index (χ3v) is 5.11. The number of carbonyl (C=O) groups excluding carboxylic acids is 1. The lowest BCUT2D eigenvalue weighted by Gasteiger charge is -2.06. The van der Waals surface area contributed by atoms with Crippen molar-refractivity contribution in [3.05, 3.63) is 34.9 Å². The van der Waals surface area contributed by atoms with Gasteiger partial charge >= 0.3 is 0 Å². The predicted molar refractivity (Wildman–Crippen MR) is 89.2 cm³/mol. The Morgan fingerprint density at radius 3 is 2.86 bits per heavy atom. The number of anilines is 1. The third kappa shape index (κ3) is 4.82. The molecule has 0 aliphatic rings. The lowest BCUT2D eigenvalue weighted by molar-refractivity contribution is -0.115. The number of rotatable bonds is 6. The maximum atomic E-state index is 12.1. The minimum absolute atomic E-state index is 0.0508. The van der Waals surface area contributed by atoms with Crippen LogP contribution in [-0.4, -0.2) is 21.9 Å². The van der Waals surface area contributed by atoms with Gasteiger partial charge in [-0.3, -0.25) is 4.79 Å². The van der Waals surface area contributed by atoms with Crippen molar-refractivity contribution in [2.75, 3.05) is 11.1 Å². The summed E-state index contributed by atoms with van der Waals surface area (Å²) in [6, 6.07) is 6.12. The van der Waals surface area contributed by atoms with Gasteiger partial charge in [0, 0.05) is 5.75 Å². The minimum atomic E-state index is -0.0508. The third-order valence-electron chi connectivity index (χ3n) is 2.93. The summed E-state index contributed by atoms with van der Waals surface area (Å²) in [6.07, 6.45) is 1.46. The van der Waals surface area contributed by atoms with E-state index in [1.54, 1.807) is 11.8 Å². The average molecular weight is 321 g/mol. The smallest absolute Gasteiger partial charge is 0.230 e. The topological polar surface area (TPSA) is 54.9 Å². The Hall–Kier alpha value is -1.40. The molecular formula is C15H19N3OS2. The molecule has 2 aromatic rings. The number of aryl methyl sites for hydroxylation is 2. The summed E-state index contributed by atoms with van der Waals surface area (Å²) < 4.78 is 0.902. The second-order valence-electron chi connectivity index (χ2n) is 4.88. The van der Waals surface area contributed by atoms with E-state index >= 15 is 0 Å². The van der Waals surface area contributed by atoms with Gasteiger partial charge in [-0.1, -0.05) is 53.8 Å². The first-order valence-electron chi connectivity index (χ1n) is 6.90. The van der Waals surface area contributed by atoms with Gasteiger partial charge in [-0.15, -0.1) is 10.2 Å². The van der Waals surface area contributed by atoms with Gasteiger partial charge in [-0.05, 0) is 31.4 Å². The zero-order valence-corrected chi connectivity index (χ0v) is 14.1. The monoisotopic (exact) mass is 321 g/mol. The molecule has 21 heavy (non-hydrogen) atoms. The molecule has 1 heterocycles. The molecule has 1 amide bonds. The molecule has 0 bridgehead atoms. The summed E-state index contributed by atoms with van der Waals surface area (Å²) >= 11 is 3.10. The highest BCUT2D eigenvalue weighted by molar-refractivity contribution is 8.01. The largest absolute Gasteiger partial charge is 0.300 e. The fourth-order valence-electron chi connectivity index (χ4n) is 1.89. The second kappa shape index (κ2) is 7.56. The Morgan fingerprint density at radius 1 is 1.33 bits per heavy atom. The summed E-state index contributed by atoms with van der Waals surface area (Å²) in [5.41, 5.74) is 3.39. The molecule has 1 aromatic heterocycles. The first kappa shape index (κ1) is 16.0. The van der Waals surface area contributed by atoms with Crippen molar-refractivity contribution >= 4 is 34.1 Å². The Morgan fingerprint density at radius 2 is 2.14 bits per heavy atom. The van der Waals surface area contributed by atoms with Gasteiger partial charge in [0.2, 0.25) is 11.0 Å². The molecule has 0 atom stereocenters. The van der Waals surface area contributed by atoms with Crippen LogP contribution in [0.2, 0.25) is 0 Å². The Labute approximate surface area is 133 Å². The molecule has 1 aromatic carbocycles. The number of benzene rings is 1. The van der Waals surface area contributed by atoms with Gasteiger partial charge in [0.1, 0.15) is 0 Å². The van der Waals surface area contributed by atoms with Crippen molar-refractivity contribution in [1.29, 1.82) is 0 Å². The van der Waals surface area contributed by atoms with E-state index in [2.05, 4.69) is 28.5 Å². The molecule has 0 fully saturated rings. The van der Waals surface area contributed by atoms with Crippen LogP contribution >= 0.6 is 23.1 Å². The number of aromatic nitrogens is 2. The van der Waals surface area contributed by atoms with E-state index in [1.807, 2.05) is 26.0 Å². The molecule has 0 saturated heterocycles. The van der Waals surface area contributed by atoms with E-state index < -0.39 is 0 Å². The first-order chi connectivity index (χ1) is 10.1. The molecule has 2 rings (SSSR count). The number of thioether (sulfide) groups is 1. The predicted octanol–water partition coefficient (Wildman–Crippen LogP) is 3.84. The summed E-state index contributed by atoms with van der Waals surface area (Å²) in [7, 11) is 0. The lowest BCUT2D eigenvalue weighted by atomic mass is 10.0. The van der Waals surface area contributed by atoms with Gasteiger partial charge in [0.25, 0.3) is 0 Å². The van der Waals surface area contributed by atoms with Gasteiger partial charge in [0.05, 0.1) is 6.42 Å². The molecule has 1 N–H and O–H groups in total. The molecule has 0 radical (unpaired) electrons. The highest BCUT2D eigenvalue weighted by Crippen LogP contribution is 2.25. The van der Waals surface area contributed by atoms with Crippen LogP contribution < -0.4 is 5.32 Å². The average Bonchev–Trinajstić information content (AvgIpc) is 2.87. The summed E-state index contributed by atoms with van der Waals surface area (Å²) in [5, 5.41) is 11.5. The Kier molecular flexibility index (Phi) is 5.76. The van der Waals surface area contributed by atoms with Crippen molar-refractivity contribution < 1.29 is 4.79 Å². The zero-order chi connectivity index (χ0) is 15.2. The van der Waals surface area contributed by atoms with Crippen LogP contribution in [0.1, 0.15) is 30.0 Å². The molecule has 0 aliphatic heterocycles. The fourth-order valence-corrected chi connectivity index (χ4v) is 3.58. The van der Waals surface area contributed by atoms with Crippen LogP contribution in [-0.2, 0) is 11.2 Å². The van der Waals surface area contributed by atoms with Gasteiger partial charge in [-0.2, -0.15) is 0 Å². The number of carbonyl (C=O) groups is 1. The second-order valence-corrected chi connectivity index (χ2v) is 7.20. The van der Waals surface area contributed by atoms with E-state index in [9.17, 15) is 4.79 Å². The van der Waals surface area contributed by atoms with Crippen molar-refractivity contribution in [3.8, 4) is 0 Å². The van der Waals surface area contributed by atoms with Gasteiger partial charge in [0.15, 0.2) is 4.34 Å². The number of amides is 1. The van der Waals surface area contributed by atoms with Gasteiger partial charge < -0.3 is 5.32 Å². The first-order valence-corrected chi connectivity index (χ1v) is 8.71. The Balaban J connectivity index is 1.93. The van der Waals surface area contributed by atoms with E-state index in [0.29, 0.717) is 11.6 Å². The van der Waals surface area contributed by atoms with Crippen LogP contribution in [0.25, 0.3) is 0 Å². The highest BCUT2D eigenvalue weighted by atomic mass is 32.2. The number of nitrogens with zero attached hydrogens (tertiary/aromatic N) is 2. The van der Waals surface area contributed by atoms with E-state index in [-0.39, 0.29) is 5.91 Å². The molecule has 0 spiro atoms. The maximum Gasteiger partial charge on any atom is 0.230 e. The van der Waals surface area contributed by atoms with Crippen molar-refractivity contribution in [2.45, 2.75) is 38.0 Å². The number of hydrogen-bond donors (Lipinski definition) is 1.